The van der Waals surface area contributed by atoms with Crippen molar-refractivity contribution in [3.8, 4) is 6.07 Å². The summed E-state index contributed by atoms with van der Waals surface area (Å²) in [6.07, 6.45) is 3.09. The van der Waals surface area contributed by atoms with Gasteiger partial charge in [-0.3, -0.25) is 0 Å². The second-order valence-corrected chi connectivity index (χ2v) is 5.76. The van der Waals surface area contributed by atoms with Crippen molar-refractivity contribution in [2.75, 3.05) is 13.1 Å². The molecule has 1 saturated heterocycles. The first kappa shape index (κ1) is 13.0. The van der Waals surface area contributed by atoms with Crippen LogP contribution in [0.25, 0.3) is 0 Å². The summed E-state index contributed by atoms with van der Waals surface area (Å²) in [7, 11) is -3.73. The van der Waals surface area contributed by atoms with Gasteiger partial charge in [-0.05, 0) is 31.5 Å². The zero-order valence-corrected chi connectivity index (χ0v) is 10.6. The molecule has 0 bridgehead atoms. The minimum Gasteiger partial charge on any atom is -0.315 e. The Bertz CT molecular complexity index is 559. The van der Waals surface area contributed by atoms with E-state index < -0.39 is 10.0 Å². The smallest absolute Gasteiger partial charge is 0.259 e. The third kappa shape index (κ3) is 2.85. The Morgan fingerprint density at radius 2 is 2.39 bits per heavy atom. The molecule has 0 saturated carbocycles. The Balaban J connectivity index is 2.22. The van der Waals surface area contributed by atoms with E-state index in [-0.39, 0.29) is 16.6 Å². The lowest BCUT2D eigenvalue weighted by molar-refractivity contribution is 0.428. The fourth-order valence-corrected chi connectivity index (χ4v) is 3.27. The molecule has 96 valence electrons. The van der Waals surface area contributed by atoms with Crippen molar-refractivity contribution in [3.05, 3.63) is 23.9 Å². The van der Waals surface area contributed by atoms with Crippen molar-refractivity contribution in [1.29, 1.82) is 5.26 Å². The van der Waals surface area contributed by atoms with Gasteiger partial charge in [0.15, 0.2) is 5.03 Å². The third-order valence-corrected chi connectivity index (χ3v) is 4.24. The number of hydrogen-bond acceptors (Lipinski definition) is 5. The number of nitrogens with zero attached hydrogens (tertiary/aromatic N) is 2. The molecule has 6 nitrogen and oxygen atoms in total. The number of pyridine rings is 1. The molecule has 1 aromatic heterocycles. The number of rotatable bonds is 3. The molecule has 1 aromatic rings. The maximum atomic E-state index is 12.1. The highest BCUT2D eigenvalue weighted by atomic mass is 32.2. The second-order valence-electron chi connectivity index (χ2n) is 4.13. The van der Waals surface area contributed by atoms with E-state index >= 15 is 0 Å². The van der Waals surface area contributed by atoms with Gasteiger partial charge < -0.3 is 5.32 Å². The van der Waals surface area contributed by atoms with Gasteiger partial charge >= 0.3 is 0 Å². The van der Waals surface area contributed by atoms with Gasteiger partial charge in [-0.1, -0.05) is 0 Å². The first-order valence-corrected chi connectivity index (χ1v) is 7.20. The molecular weight excluding hydrogens is 252 g/mol. The number of nitriles is 1. The van der Waals surface area contributed by atoms with Gasteiger partial charge in [-0.25, -0.2) is 18.1 Å². The summed E-state index contributed by atoms with van der Waals surface area (Å²) >= 11 is 0. The van der Waals surface area contributed by atoms with Crippen LogP contribution in [0.2, 0.25) is 0 Å². The van der Waals surface area contributed by atoms with Crippen LogP contribution < -0.4 is 10.0 Å². The summed E-state index contributed by atoms with van der Waals surface area (Å²) in [6, 6.07) is 4.69. The first-order chi connectivity index (χ1) is 8.63. The largest absolute Gasteiger partial charge is 0.315 e. The molecule has 2 rings (SSSR count). The average Bonchev–Trinajstić information content (AvgIpc) is 2.39. The van der Waals surface area contributed by atoms with Crippen LogP contribution in [0.4, 0.5) is 0 Å². The van der Waals surface area contributed by atoms with Crippen LogP contribution in [0.1, 0.15) is 18.4 Å². The fraction of sp³-hybridized carbons (Fsp3) is 0.455. The highest BCUT2D eigenvalue weighted by Crippen LogP contribution is 2.13. The van der Waals surface area contributed by atoms with Crippen LogP contribution in [0, 0.1) is 11.3 Å². The Labute approximate surface area is 106 Å². The predicted molar refractivity (Wildman–Crippen MR) is 65.2 cm³/mol. The Morgan fingerprint density at radius 1 is 1.56 bits per heavy atom. The summed E-state index contributed by atoms with van der Waals surface area (Å²) in [6.45, 7) is 1.51. The van der Waals surface area contributed by atoms with Crippen LogP contribution >= 0.6 is 0 Å². The molecule has 1 atom stereocenters. The topological polar surface area (TPSA) is 94.9 Å². The van der Waals surface area contributed by atoms with Crippen LogP contribution in [0.5, 0.6) is 0 Å². The summed E-state index contributed by atoms with van der Waals surface area (Å²) in [4.78, 5) is 3.79. The maximum Gasteiger partial charge on any atom is 0.259 e. The van der Waals surface area contributed by atoms with Gasteiger partial charge in [0.1, 0.15) is 6.07 Å². The molecule has 0 aliphatic carbocycles. The molecule has 1 aliphatic heterocycles. The molecule has 0 spiro atoms. The molecule has 0 radical (unpaired) electrons. The van der Waals surface area contributed by atoms with Crippen molar-refractivity contribution in [1.82, 2.24) is 15.0 Å². The lowest BCUT2D eigenvalue weighted by atomic mass is 10.1. The van der Waals surface area contributed by atoms with Crippen LogP contribution in [-0.2, 0) is 10.0 Å². The standard InChI is InChI=1S/C11H14N4O2S/c12-7-9-3-1-6-14-11(9)18(16,17)15-10-4-2-5-13-8-10/h1,3,6,10,13,15H,2,4-5,8H2. The van der Waals surface area contributed by atoms with Crippen LogP contribution in [0.15, 0.2) is 23.4 Å². The Kier molecular flexibility index (Phi) is 3.91. The van der Waals surface area contributed by atoms with E-state index in [1.807, 2.05) is 6.07 Å². The molecule has 18 heavy (non-hydrogen) atoms. The Morgan fingerprint density at radius 3 is 3.06 bits per heavy atom. The first-order valence-electron chi connectivity index (χ1n) is 5.71. The van der Waals surface area contributed by atoms with E-state index in [1.54, 1.807) is 6.07 Å². The van der Waals surface area contributed by atoms with Gasteiger partial charge in [0.25, 0.3) is 10.0 Å². The van der Waals surface area contributed by atoms with E-state index in [9.17, 15) is 8.42 Å². The highest BCUT2D eigenvalue weighted by Gasteiger charge is 2.24. The lowest BCUT2D eigenvalue weighted by Crippen LogP contribution is -2.45. The van der Waals surface area contributed by atoms with Crippen molar-refractivity contribution >= 4 is 10.0 Å². The summed E-state index contributed by atoms with van der Waals surface area (Å²) in [5, 5.41) is 11.8. The summed E-state index contributed by atoms with van der Waals surface area (Å²) in [5.74, 6) is 0. The van der Waals surface area contributed by atoms with Gasteiger partial charge in [0.05, 0.1) is 5.56 Å². The van der Waals surface area contributed by atoms with Crippen molar-refractivity contribution < 1.29 is 8.42 Å². The number of aromatic nitrogens is 1. The molecule has 0 aromatic carbocycles. The number of hydrogen-bond donors (Lipinski definition) is 2. The van der Waals surface area contributed by atoms with Gasteiger partial charge in [0, 0.05) is 18.8 Å². The average molecular weight is 266 g/mol. The van der Waals surface area contributed by atoms with E-state index in [4.69, 9.17) is 5.26 Å². The van der Waals surface area contributed by atoms with E-state index in [0.717, 1.165) is 19.4 Å². The summed E-state index contributed by atoms with van der Waals surface area (Å²) in [5.41, 5.74) is 0.0637. The molecule has 2 heterocycles. The van der Waals surface area contributed by atoms with E-state index in [1.165, 1.54) is 12.3 Å². The predicted octanol–water partition coefficient (Wildman–Crippen LogP) is -0.0164. The molecule has 1 fully saturated rings. The van der Waals surface area contributed by atoms with Gasteiger partial charge in [-0.2, -0.15) is 5.26 Å². The monoisotopic (exact) mass is 266 g/mol. The molecule has 1 aliphatic rings. The van der Waals surface area contributed by atoms with Crippen LogP contribution in [0.3, 0.4) is 0 Å². The Hall–Kier alpha value is -1.49. The molecule has 0 amide bonds. The number of piperidine rings is 1. The molecule has 7 heteroatoms. The minimum atomic E-state index is -3.73. The normalized spacial score (nSPS) is 20.3. The summed E-state index contributed by atoms with van der Waals surface area (Å²) < 4.78 is 26.8. The third-order valence-electron chi connectivity index (χ3n) is 2.76. The number of sulfonamides is 1. The molecular formula is C11H14N4O2S. The SMILES string of the molecule is N#Cc1cccnc1S(=O)(=O)NC1CCCNC1. The lowest BCUT2D eigenvalue weighted by Gasteiger charge is -2.23. The zero-order valence-electron chi connectivity index (χ0n) is 9.76. The van der Waals surface area contributed by atoms with Gasteiger partial charge in [0.2, 0.25) is 0 Å². The fourth-order valence-electron chi connectivity index (χ4n) is 1.92. The maximum absolute atomic E-state index is 12.1. The minimum absolute atomic E-state index is 0.0637. The van der Waals surface area contributed by atoms with E-state index in [2.05, 4.69) is 15.0 Å². The van der Waals surface area contributed by atoms with Crippen molar-refractivity contribution in [2.24, 2.45) is 0 Å². The number of nitrogens with one attached hydrogen (secondary N) is 2. The highest BCUT2D eigenvalue weighted by molar-refractivity contribution is 7.89. The van der Waals surface area contributed by atoms with Crippen molar-refractivity contribution in [2.45, 2.75) is 23.9 Å². The second kappa shape index (κ2) is 5.44. The molecule has 1 unspecified atom stereocenters. The van der Waals surface area contributed by atoms with E-state index in [0.29, 0.717) is 6.54 Å². The van der Waals surface area contributed by atoms with Crippen molar-refractivity contribution in [3.63, 3.8) is 0 Å². The molecule has 2 N–H and O–H groups in total. The van der Waals surface area contributed by atoms with Gasteiger partial charge in [-0.15, -0.1) is 0 Å². The zero-order chi connectivity index (χ0) is 13.0. The quantitative estimate of drug-likeness (QED) is 0.802. The van der Waals surface area contributed by atoms with Crippen LogP contribution in [-0.4, -0.2) is 32.5 Å².